The molecule has 29 heavy (non-hydrogen) atoms. The van der Waals surface area contributed by atoms with Gasteiger partial charge < -0.3 is 5.32 Å². The molecule has 1 N–H and O–H groups in total. The second-order valence-corrected chi connectivity index (χ2v) is 6.85. The quantitative estimate of drug-likeness (QED) is 0.336. The number of halogens is 8. The van der Waals surface area contributed by atoms with Crippen molar-refractivity contribution in [1.29, 1.82) is 0 Å². The number of anilines is 1. The molecule has 0 radical (unpaired) electrons. The standard InChI is InChI=1S/C11H8Cl2F2N4.C4Cl3FN2/c1-5(7-3-2-6(14)4-16-7)17-10-8(15)9(12)18-11(13)19-10;5-2-1(8)3(6)10-4(7)9-2/h2-5H,1H3,(H,17,18,19);. The van der Waals surface area contributed by atoms with Gasteiger partial charge in [0, 0.05) is 0 Å². The van der Waals surface area contributed by atoms with Crippen molar-refractivity contribution in [2.75, 3.05) is 5.32 Å². The summed E-state index contributed by atoms with van der Waals surface area (Å²) in [6.45, 7) is 1.71. The molecule has 3 rings (SSSR count). The molecule has 0 aliphatic heterocycles. The summed E-state index contributed by atoms with van der Waals surface area (Å²) in [5.41, 5.74) is 0.520. The van der Waals surface area contributed by atoms with E-state index in [0.29, 0.717) is 5.69 Å². The number of nitrogens with zero attached hydrogens (tertiary/aromatic N) is 5. The van der Waals surface area contributed by atoms with Crippen LogP contribution in [0.25, 0.3) is 0 Å². The van der Waals surface area contributed by atoms with Gasteiger partial charge in [0.25, 0.3) is 0 Å². The maximum atomic E-state index is 13.7. The van der Waals surface area contributed by atoms with E-state index in [0.717, 1.165) is 6.20 Å². The minimum absolute atomic E-state index is 0.136. The smallest absolute Gasteiger partial charge is 0.225 e. The summed E-state index contributed by atoms with van der Waals surface area (Å²) in [5.74, 6) is -2.24. The SMILES string of the molecule is CC(Nc1nc(Cl)nc(Cl)c1F)c1ccc(F)cn1.Fc1c(Cl)nc(Cl)nc1Cl. The zero-order valence-electron chi connectivity index (χ0n) is 14.1. The monoisotopic (exact) mass is 504 g/mol. The molecular formula is C15H8Cl5F3N6. The van der Waals surface area contributed by atoms with E-state index in [1.165, 1.54) is 12.1 Å². The minimum Gasteiger partial charge on any atom is -0.359 e. The average molecular weight is 507 g/mol. The van der Waals surface area contributed by atoms with Crippen molar-refractivity contribution >= 4 is 63.8 Å². The number of nitrogens with one attached hydrogen (secondary N) is 1. The third kappa shape index (κ3) is 6.68. The lowest BCUT2D eigenvalue weighted by Crippen LogP contribution is -2.12. The van der Waals surface area contributed by atoms with Gasteiger partial charge in [-0.2, -0.15) is 9.37 Å². The molecule has 3 aromatic rings. The van der Waals surface area contributed by atoms with E-state index in [2.05, 4.69) is 30.2 Å². The summed E-state index contributed by atoms with van der Waals surface area (Å²) >= 11 is 26.9. The molecule has 154 valence electrons. The Morgan fingerprint density at radius 3 is 1.83 bits per heavy atom. The number of pyridine rings is 1. The van der Waals surface area contributed by atoms with Crippen LogP contribution in [0.5, 0.6) is 0 Å². The van der Waals surface area contributed by atoms with E-state index in [4.69, 9.17) is 58.0 Å². The highest BCUT2D eigenvalue weighted by molar-refractivity contribution is 6.35. The van der Waals surface area contributed by atoms with E-state index in [9.17, 15) is 13.2 Å². The molecule has 0 aliphatic carbocycles. The Hall–Kier alpha value is -1.65. The second-order valence-electron chi connectivity index (χ2n) is 5.10. The zero-order chi connectivity index (χ0) is 21.7. The first kappa shape index (κ1) is 23.6. The Morgan fingerprint density at radius 2 is 1.31 bits per heavy atom. The first-order valence-corrected chi connectivity index (χ1v) is 9.28. The number of hydrogen-bond donors (Lipinski definition) is 1. The van der Waals surface area contributed by atoms with E-state index in [1.807, 2.05) is 0 Å². The Balaban J connectivity index is 0.000000253. The molecule has 0 saturated carbocycles. The summed E-state index contributed by atoms with van der Waals surface area (Å²) in [7, 11) is 0. The van der Waals surface area contributed by atoms with Crippen LogP contribution in [0.15, 0.2) is 18.3 Å². The van der Waals surface area contributed by atoms with Crippen molar-refractivity contribution in [2.45, 2.75) is 13.0 Å². The lowest BCUT2D eigenvalue weighted by atomic mass is 10.2. The third-order valence-electron chi connectivity index (χ3n) is 3.07. The van der Waals surface area contributed by atoms with E-state index >= 15 is 0 Å². The molecule has 0 bridgehead atoms. The van der Waals surface area contributed by atoms with Gasteiger partial charge in [-0.15, -0.1) is 0 Å². The van der Waals surface area contributed by atoms with Crippen molar-refractivity contribution in [2.24, 2.45) is 0 Å². The molecule has 0 amide bonds. The van der Waals surface area contributed by atoms with Crippen LogP contribution in [-0.2, 0) is 0 Å². The second kappa shape index (κ2) is 10.4. The first-order chi connectivity index (χ1) is 13.6. The maximum absolute atomic E-state index is 13.7. The van der Waals surface area contributed by atoms with E-state index in [1.54, 1.807) is 6.92 Å². The van der Waals surface area contributed by atoms with Gasteiger partial charge in [-0.3, -0.25) is 4.98 Å². The van der Waals surface area contributed by atoms with Gasteiger partial charge in [0.2, 0.25) is 16.4 Å². The molecule has 3 heterocycles. The Morgan fingerprint density at radius 1 is 0.793 bits per heavy atom. The molecule has 3 aromatic heterocycles. The summed E-state index contributed by atoms with van der Waals surface area (Å²) in [6.07, 6.45) is 1.07. The predicted octanol–water partition coefficient (Wildman–Crippen LogP) is 6.21. The van der Waals surface area contributed by atoms with Crippen molar-refractivity contribution in [3.05, 3.63) is 67.5 Å². The van der Waals surface area contributed by atoms with Crippen LogP contribution in [0.2, 0.25) is 26.0 Å². The van der Waals surface area contributed by atoms with Gasteiger partial charge in [-0.05, 0) is 42.3 Å². The van der Waals surface area contributed by atoms with Crippen LogP contribution >= 0.6 is 58.0 Å². The Bertz CT molecular complexity index is 985. The zero-order valence-corrected chi connectivity index (χ0v) is 17.8. The lowest BCUT2D eigenvalue weighted by molar-refractivity contribution is 0.609. The Kier molecular flexibility index (Phi) is 8.47. The first-order valence-electron chi connectivity index (χ1n) is 7.39. The highest BCUT2D eigenvalue weighted by atomic mass is 35.5. The summed E-state index contributed by atoms with van der Waals surface area (Å²) in [4.78, 5) is 17.6. The minimum atomic E-state index is -0.854. The van der Waals surface area contributed by atoms with E-state index < -0.39 is 23.5 Å². The van der Waals surface area contributed by atoms with Crippen LogP contribution in [0, 0.1) is 17.5 Å². The van der Waals surface area contributed by atoms with Gasteiger partial charge in [0.15, 0.2) is 27.1 Å². The fourth-order valence-corrected chi connectivity index (χ4v) is 2.81. The molecule has 0 aliphatic rings. The molecular weight excluding hydrogens is 498 g/mol. The summed E-state index contributed by atoms with van der Waals surface area (Å²) in [6, 6.07) is 2.34. The van der Waals surface area contributed by atoms with Gasteiger partial charge in [0.1, 0.15) is 5.82 Å². The van der Waals surface area contributed by atoms with Crippen molar-refractivity contribution < 1.29 is 13.2 Å². The van der Waals surface area contributed by atoms with Crippen LogP contribution in [0.3, 0.4) is 0 Å². The molecule has 0 saturated heterocycles. The maximum Gasteiger partial charge on any atom is 0.225 e. The van der Waals surface area contributed by atoms with Crippen LogP contribution < -0.4 is 5.32 Å². The molecule has 1 unspecified atom stereocenters. The molecule has 0 spiro atoms. The molecule has 1 atom stereocenters. The van der Waals surface area contributed by atoms with E-state index in [-0.39, 0.29) is 31.8 Å². The fraction of sp³-hybridized carbons (Fsp3) is 0.133. The normalized spacial score (nSPS) is 11.5. The summed E-state index contributed by atoms with van der Waals surface area (Å²) in [5, 5.41) is 1.29. The number of aromatic nitrogens is 5. The van der Waals surface area contributed by atoms with Crippen molar-refractivity contribution in [3.63, 3.8) is 0 Å². The highest BCUT2D eigenvalue weighted by Crippen LogP contribution is 2.24. The third-order valence-corrected chi connectivity index (χ3v) is 4.16. The number of rotatable bonds is 3. The van der Waals surface area contributed by atoms with Crippen molar-refractivity contribution in [3.8, 4) is 0 Å². The fourth-order valence-electron chi connectivity index (χ4n) is 1.78. The highest BCUT2D eigenvalue weighted by Gasteiger charge is 2.15. The number of hydrogen-bond acceptors (Lipinski definition) is 6. The average Bonchev–Trinajstić information content (AvgIpc) is 2.64. The topological polar surface area (TPSA) is 76.5 Å². The Labute approximate surface area is 187 Å². The van der Waals surface area contributed by atoms with Gasteiger partial charge in [-0.25, -0.2) is 23.7 Å². The lowest BCUT2D eigenvalue weighted by Gasteiger charge is -2.14. The molecule has 0 fully saturated rings. The molecule has 0 aromatic carbocycles. The predicted molar refractivity (Wildman–Crippen MR) is 105 cm³/mol. The van der Waals surface area contributed by atoms with Crippen molar-refractivity contribution in [1.82, 2.24) is 24.9 Å². The molecule has 14 heteroatoms. The van der Waals surface area contributed by atoms with Crippen LogP contribution in [-0.4, -0.2) is 24.9 Å². The van der Waals surface area contributed by atoms with Crippen LogP contribution in [0.1, 0.15) is 18.7 Å². The van der Waals surface area contributed by atoms with Crippen LogP contribution in [0.4, 0.5) is 19.0 Å². The molecule has 6 nitrogen and oxygen atoms in total. The van der Waals surface area contributed by atoms with Gasteiger partial charge in [-0.1, -0.05) is 34.8 Å². The summed E-state index contributed by atoms with van der Waals surface area (Å²) < 4.78 is 38.9. The van der Waals surface area contributed by atoms with Gasteiger partial charge >= 0.3 is 0 Å². The largest absolute Gasteiger partial charge is 0.359 e. The van der Waals surface area contributed by atoms with Gasteiger partial charge in [0.05, 0.1) is 17.9 Å².